The van der Waals surface area contributed by atoms with Crippen LogP contribution < -0.4 is 5.32 Å². The molecule has 1 aliphatic rings. The Morgan fingerprint density at radius 3 is 2.86 bits per heavy atom. The third-order valence-electron chi connectivity index (χ3n) is 4.10. The number of hydrogen-bond donors (Lipinski definition) is 1. The third kappa shape index (κ3) is 3.65. The highest BCUT2D eigenvalue weighted by Gasteiger charge is 2.46. The quantitative estimate of drug-likeness (QED) is 0.750. The van der Waals surface area contributed by atoms with Crippen LogP contribution in [0.3, 0.4) is 0 Å². The molecule has 1 amide bonds. The van der Waals surface area contributed by atoms with Gasteiger partial charge in [-0.1, -0.05) is 13.8 Å². The maximum absolute atomic E-state index is 12.7. The number of nitrogens with zero attached hydrogens (tertiary/aromatic N) is 1. The maximum atomic E-state index is 12.7. The molecule has 0 saturated carbocycles. The van der Waals surface area contributed by atoms with Crippen LogP contribution >= 0.6 is 11.3 Å². The highest BCUT2D eigenvalue weighted by Crippen LogP contribution is 2.33. The van der Waals surface area contributed by atoms with Gasteiger partial charge in [0.2, 0.25) is 5.91 Å². The van der Waals surface area contributed by atoms with Crippen LogP contribution in [0.1, 0.15) is 51.8 Å². The highest BCUT2D eigenvalue weighted by atomic mass is 32.1. The summed E-state index contributed by atoms with van der Waals surface area (Å²) in [5, 5.41) is 7.69. The second-order valence-corrected chi connectivity index (χ2v) is 6.53. The molecule has 2 rings (SSSR count). The van der Waals surface area contributed by atoms with Crippen molar-refractivity contribution in [2.75, 3.05) is 19.8 Å². The van der Waals surface area contributed by atoms with Gasteiger partial charge in [-0.25, -0.2) is 0 Å². The molecule has 118 valence electrons. The first-order valence-corrected chi connectivity index (χ1v) is 8.75. The van der Waals surface area contributed by atoms with Crippen molar-refractivity contribution >= 4 is 17.2 Å². The minimum Gasteiger partial charge on any atom is -0.381 e. The largest absolute Gasteiger partial charge is 0.381 e. The molecular weight excluding hydrogens is 284 g/mol. The summed E-state index contributed by atoms with van der Waals surface area (Å²) in [4.78, 5) is 14.7. The summed E-state index contributed by atoms with van der Waals surface area (Å²) in [6.07, 6.45) is 2.72. The van der Waals surface area contributed by atoms with Gasteiger partial charge in [0, 0.05) is 19.8 Å². The Morgan fingerprint density at radius 1 is 1.43 bits per heavy atom. The molecule has 1 saturated heterocycles. The van der Waals surface area contributed by atoms with Gasteiger partial charge in [-0.2, -0.15) is 11.3 Å². The van der Waals surface area contributed by atoms with Gasteiger partial charge in [-0.05, 0) is 48.6 Å². The average molecular weight is 310 g/mol. The zero-order chi connectivity index (χ0) is 15.3. The van der Waals surface area contributed by atoms with Crippen molar-refractivity contribution in [1.29, 1.82) is 0 Å². The number of nitrogens with one attached hydrogen (secondary N) is 1. The predicted molar refractivity (Wildman–Crippen MR) is 86.3 cm³/mol. The van der Waals surface area contributed by atoms with Gasteiger partial charge in [-0.15, -0.1) is 0 Å². The van der Waals surface area contributed by atoms with Crippen LogP contribution in [-0.2, 0) is 9.53 Å². The second-order valence-electron chi connectivity index (χ2n) is 5.75. The van der Waals surface area contributed by atoms with Crippen molar-refractivity contribution in [3.05, 3.63) is 22.4 Å². The lowest BCUT2D eigenvalue weighted by Gasteiger charge is -2.23. The molecule has 1 aliphatic heterocycles. The molecular formula is C16H26N2O2S. The van der Waals surface area contributed by atoms with Crippen LogP contribution in [0.15, 0.2) is 16.8 Å². The number of ether oxygens (including phenoxy) is 1. The molecule has 0 bridgehead atoms. The summed E-state index contributed by atoms with van der Waals surface area (Å²) < 4.78 is 5.53. The third-order valence-corrected chi connectivity index (χ3v) is 4.80. The molecule has 0 radical (unpaired) electrons. The van der Waals surface area contributed by atoms with Crippen molar-refractivity contribution in [3.8, 4) is 0 Å². The first-order chi connectivity index (χ1) is 10.1. The van der Waals surface area contributed by atoms with E-state index in [1.54, 1.807) is 11.3 Å². The van der Waals surface area contributed by atoms with Gasteiger partial charge >= 0.3 is 0 Å². The van der Waals surface area contributed by atoms with Crippen LogP contribution in [0.25, 0.3) is 0 Å². The predicted octanol–water partition coefficient (Wildman–Crippen LogP) is 3.16. The van der Waals surface area contributed by atoms with E-state index in [0.29, 0.717) is 0 Å². The maximum Gasteiger partial charge on any atom is 0.244 e. The summed E-state index contributed by atoms with van der Waals surface area (Å²) in [5.41, 5.74) is 0.733. The Morgan fingerprint density at radius 2 is 2.24 bits per heavy atom. The Hall–Kier alpha value is -0.910. The number of amides is 1. The topological polar surface area (TPSA) is 41.6 Å². The molecule has 21 heavy (non-hydrogen) atoms. The van der Waals surface area contributed by atoms with Crippen LogP contribution in [0.2, 0.25) is 0 Å². The zero-order valence-electron chi connectivity index (χ0n) is 13.2. The van der Waals surface area contributed by atoms with Crippen LogP contribution in [0.4, 0.5) is 0 Å². The Bertz CT molecular complexity index is 449. The zero-order valence-corrected chi connectivity index (χ0v) is 14.0. The van der Waals surface area contributed by atoms with Crippen molar-refractivity contribution in [2.24, 2.45) is 0 Å². The highest BCUT2D eigenvalue weighted by molar-refractivity contribution is 7.07. The fourth-order valence-corrected chi connectivity index (χ4v) is 3.32. The molecule has 1 aromatic rings. The van der Waals surface area contributed by atoms with Gasteiger partial charge < -0.3 is 9.64 Å². The summed E-state index contributed by atoms with van der Waals surface area (Å²) in [5.74, 6) is 0.205. The summed E-state index contributed by atoms with van der Waals surface area (Å²) >= 11 is 1.67. The van der Waals surface area contributed by atoms with Crippen LogP contribution in [0.5, 0.6) is 0 Å². The molecule has 0 aliphatic carbocycles. The minimum atomic E-state index is -0.448. The van der Waals surface area contributed by atoms with E-state index in [4.69, 9.17) is 4.74 Å². The normalized spacial score (nSPS) is 25.8. The van der Waals surface area contributed by atoms with Crippen LogP contribution in [0, 0.1) is 0 Å². The number of rotatable bonds is 8. The fraction of sp³-hybridized carbons (Fsp3) is 0.688. The van der Waals surface area contributed by atoms with E-state index >= 15 is 0 Å². The number of hydrogen-bond acceptors (Lipinski definition) is 4. The molecule has 2 heterocycles. The van der Waals surface area contributed by atoms with Crippen molar-refractivity contribution in [3.63, 3.8) is 0 Å². The van der Waals surface area contributed by atoms with Gasteiger partial charge in [0.15, 0.2) is 0 Å². The molecule has 2 atom stereocenters. The molecule has 0 spiro atoms. The SMILES string of the molecule is CCCOCCCN1C(=O)C(C)(CC)NC1c1ccsc1. The number of carbonyl (C=O) groups excluding carboxylic acids is 1. The molecule has 5 heteroatoms. The van der Waals surface area contributed by atoms with E-state index in [1.807, 2.05) is 11.8 Å². The standard InChI is InChI=1S/C16H26N2O2S/c1-4-9-20-10-6-8-18-14(13-7-11-21-12-13)17-16(3,5-2)15(18)19/h7,11-12,14,17H,4-6,8-10H2,1-3H3. The molecule has 4 nitrogen and oxygen atoms in total. The summed E-state index contributed by atoms with van der Waals surface area (Å²) in [6.45, 7) is 8.42. The lowest BCUT2D eigenvalue weighted by Crippen LogP contribution is -2.43. The average Bonchev–Trinajstić information content (AvgIpc) is 3.09. The van der Waals surface area contributed by atoms with E-state index in [0.717, 1.165) is 39.0 Å². The Labute approximate surface area is 131 Å². The van der Waals surface area contributed by atoms with Crippen LogP contribution in [-0.4, -0.2) is 36.1 Å². The van der Waals surface area contributed by atoms with E-state index in [2.05, 4.69) is 36.0 Å². The molecule has 0 aromatic carbocycles. The van der Waals surface area contributed by atoms with E-state index in [9.17, 15) is 4.79 Å². The number of thiophene rings is 1. The number of carbonyl (C=O) groups is 1. The van der Waals surface area contributed by atoms with E-state index in [-0.39, 0.29) is 12.1 Å². The Balaban J connectivity index is 2.02. The lowest BCUT2D eigenvalue weighted by atomic mass is 9.99. The van der Waals surface area contributed by atoms with Gasteiger partial charge in [-0.3, -0.25) is 10.1 Å². The van der Waals surface area contributed by atoms with Gasteiger partial charge in [0.25, 0.3) is 0 Å². The molecule has 1 N–H and O–H groups in total. The molecule has 2 unspecified atom stereocenters. The second kappa shape index (κ2) is 7.38. The Kier molecular flexibility index (Phi) is 5.79. The molecule has 1 fully saturated rings. The lowest BCUT2D eigenvalue weighted by molar-refractivity contribution is -0.133. The van der Waals surface area contributed by atoms with Gasteiger partial charge in [0.05, 0.1) is 5.54 Å². The smallest absolute Gasteiger partial charge is 0.244 e. The molecule has 1 aromatic heterocycles. The summed E-state index contributed by atoms with van der Waals surface area (Å²) in [7, 11) is 0. The van der Waals surface area contributed by atoms with Crippen molar-refractivity contribution in [2.45, 2.75) is 51.7 Å². The first-order valence-electron chi connectivity index (χ1n) is 7.81. The van der Waals surface area contributed by atoms with Crippen molar-refractivity contribution in [1.82, 2.24) is 10.2 Å². The van der Waals surface area contributed by atoms with E-state index in [1.165, 1.54) is 5.56 Å². The fourth-order valence-electron chi connectivity index (χ4n) is 2.64. The monoisotopic (exact) mass is 310 g/mol. The van der Waals surface area contributed by atoms with Crippen molar-refractivity contribution < 1.29 is 9.53 Å². The summed E-state index contributed by atoms with van der Waals surface area (Å²) in [6, 6.07) is 2.09. The van der Waals surface area contributed by atoms with E-state index < -0.39 is 5.54 Å². The first kappa shape index (κ1) is 16.5. The minimum absolute atomic E-state index is 0.000116. The van der Waals surface area contributed by atoms with Gasteiger partial charge in [0.1, 0.15) is 6.17 Å².